The molecule has 1 aromatic rings. The van der Waals surface area contributed by atoms with E-state index in [1.54, 1.807) is 6.07 Å². The van der Waals surface area contributed by atoms with E-state index >= 15 is 0 Å². The van der Waals surface area contributed by atoms with Crippen molar-refractivity contribution >= 4 is 27.5 Å². The smallest absolute Gasteiger partial charge is 0.284 e. The maximum absolute atomic E-state index is 11.8. The molecule has 0 aliphatic heterocycles. The number of rotatable bonds is 4. The monoisotopic (exact) mass is 300 g/mol. The van der Waals surface area contributed by atoms with Gasteiger partial charge in [-0.15, -0.1) is 0 Å². The fraction of sp³-hybridized carbons (Fsp3) is 0.364. The van der Waals surface area contributed by atoms with Gasteiger partial charge in [-0.2, -0.15) is 0 Å². The molecule has 0 aliphatic rings. The summed E-state index contributed by atoms with van der Waals surface area (Å²) in [6, 6.07) is 4.37. The van der Waals surface area contributed by atoms with Gasteiger partial charge in [0.1, 0.15) is 0 Å². The number of halogens is 1. The lowest BCUT2D eigenvalue weighted by Crippen LogP contribution is -2.31. The summed E-state index contributed by atoms with van der Waals surface area (Å²) in [7, 11) is 0. The Kier molecular flexibility index (Phi) is 4.62. The minimum absolute atomic E-state index is 0.0465. The predicted octanol–water partition coefficient (Wildman–Crippen LogP) is 2.89. The summed E-state index contributed by atoms with van der Waals surface area (Å²) in [5.41, 5.74) is 0.182. The van der Waals surface area contributed by atoms with Crippen LogP contribution in [-0.4, -0.2) is 16.9 Å². The highest BCUT2D eigenvalue weighted by atomic mass is 79.9. The molecule has 1 rings (SSSR count). The number of nitrogens with zero attached hydrogens (tertiary/aromatic N) is 1. The van der Waals surface area contributed by atoms with Crippen LogP contribution in [0.1, 0.15) is 30.6 Å². The zero-order valence-corrected chi connectivity index (χ0v) is 11.2. The van der Waals surface area contributed by atoms with Crippen LogP contribution < -0.4 is 5.32 Å². The third-order valence-corrected chi connectivity index (χ3v) is 3.07. The Morgan fingerprint density at radius 3 is 2.76 bits per heavy atom. The molecule has 0 saturated heterocycles. The molecule has 1 amide bonds. The predicted molar refractivity (Wildman–Crippen MR) is 68.0 cm³/mol. The molecule has 0 radical (unpaired) electrons. The van der Waals surface area contributed by atoms with Crippen molar-refractivity contribution in [3.8, 4) is 0 Å². The molecule has 0 bridgehead atoms. The van der Waals surface area contributed by atoms with E-state index in [4.69, 9.17) is 0 Å². The zero-order valence-electron chi connectivity index (χ0n) is 9.57. The van der Waals surface area contributed by atoms with Gasteiger partial charge in [-0.3, -0.25) is 14.9 Å². The first kappa shape index (κ1) is 13.6. The largest absolute Gasteiger partial charge is 0.350 e. The Hall–Kier alpha value is -1.43. The first-order valence-corrected chi connectivity index (χ1v) is 5.99. The zero-order chi connectivity index (χ0) is 13.0. The minimum atomic E-state index is -0.524. The molecule has 1 atom stereocenters. The summed E-state index contributed by atoms with van der Waals surface area (Å²) in [6.07, 6.45) is 0.810. The van der Waals surface area contributed by atoms with E-state index in [1.807, 2.05) is 13.8 Å². The van der Waals surface area contributed by atoms with E-state index in [1.165, 1.54) is 12.1 Å². The number of carbonyl (C=O) groups is 1. The summed E-state index contributed by atoms with van der Waals surface area (Å²) >= 11 is 3.07. The number of amides is 1. The quantitative estimate of drug-likeness (QED) is 0.686. The van der Waals surface area contributed by atoms with Gasteiger partial charge in [0, 0.05) is 17.7 Å². The fourth-order valence-corrected chi connectivity index (χ4v) is 1.59. The molecule has 0 spiro atoms. The number of benzene rings is 1. The van der Waals surface area contributed by atoms with E-state index in [0.29, 0.717) is 10.0 Å². The average molecular weight is 301 g/mol. The average Bonchev–Trinajstić information content (AvgIpc) is 2.28. The van der Waals surface area contributed by atoms with Crippen molar-refractivity contribution in [2.75, 3.05) is 0 Å². The van der Waals surface area contributed by atoms with Crippen LogP contribution in [0.4, 0.5) is 5.69 Å². The lowest BCUT2D eigenvalue weighted by atomic mass is 10.1. The Balaban J connectivity index is 2.96. The van der Waals surface area contributed by atoms with E-state index in [2.05, 4.69) is 21.2 Å². The molecule has 0 saturated carbocycles. The minimum Gasteiger partial charge on any atom is -0.350 e. The van der Waals surface area contributed by atoms with E-state index in [-0.39, 0.29) is 17.6 Å². The lowest BCUT2D eigenvalue weighted by Gasteiger charge is -2.11. The molecule has 6 heteroatoms. The molecule has 1 N–H and O–H groups in total. The number of nitro benzene ring substituents is 1. The second-order valence-electron chi connectivity index (χ2n) is 3.71. The number of hydrogen-bond donors (Lipinski definition) is 1. The second kappa shape index (κ2) is 5.77. The lowest BCUT2D eigenvalue weighted by molar-refractivity contribution is -0.385. The number of nitro groups is 1. The van der Waals surface area contributed by atoms with Crippen molar-refractivity contribution in [1.29, 1.82) is 0 Å². The highest BCUT2D eigenvalue weighted by Gasteiger charge is 2.16. The van der Waals surface area contributed by atoms with Gasteiger partial charge in [0.15, 0.2) is 0 Å². The van der Waals surface area contributed by atoms with Crippen LogP contribution in [0, 0.1) is 10.1 Å². The molecule has 5 nitrogen and oxygen atoms in total. The van der Waals surface area contributed by atoms with Crippen LogP contribution in [0.5, 0.6) is 0 Å². The molecule has 92 valence electrons. The number of hydrogen-bond acceptors (Lipinski definition) is 3. The van der Waals surface area contributed by atoms with Crippen LogP contribution in [-0.2, 0) is 0 Å². The van der Waals surface area contributed by atoms with Crippen molar-refractivity contribution in [2.45, 2.75) is 26.3 Å². The third kappa shape index (κ3) is 3.52. The molecule has 0 fully saturated rings. The van der Waals surface area contributed by atoms with Crippen molar-refractivity contribution in [3.05, 3.63) is 38.3 Å². The van der Waals surface area contributed by atoms with E-state index in [9.17, 15) is 14.9 Å². The summed E-state index contributed by atoms with van der Waals surface area (Å²) in [4.78, 5) is 21.9. The SMILES string of the molecule is CCC(C)NC(=O)c1ccc(Br)c([N+](=O)[O-])c1. The molecule has 0 aliphatic carbocycles. The Labute approximate surface area is 107 Å². The summed E-state index contributed by atoms with van der Waals surface area (Å²) in [5, 5.41) is 13.5. The molecule has 1 unspecified atom stereocenters. The topological polar surface area (TPSA) is 72.2 Å². The van der Waals surface area contributed by atoms with Gasteiger partial charge in [-0.05, 0) is 41.4 Å². The van der Waals surface area contributed by atoms with Crippen molar-refractivity contribution in [1.82, 2.24) is 5.32 Å². The molecule has 0 heterocycles. The van der Waals surface area contributed by atoms with Gasteiger partial charge in [0.2, 0.25) is 0 Å². The summed E-state index contributed by atoms with van der Waals surface area (Å²) < 4.78 is 0.364. The van der Waals surface area contributed by atoms with Crippen LogP contribution in [0.25, 0.3) is 0 Å². The molecular weight excluding hydrogens is 288 g/mol. The first-order valence-electron chi connectivity index (χ1n) is 5.20. The van der Waals surface area contributed by atoms with Gasteiger partial charge in [0.05, 0.1) is 9.40 Å². The van der Waals surface area contributed by atoms with Crippen LogP contribution >= 0.6 is 15.9 Å². The molecule has 1 aromatic carbocycles. The van der Waals surface area contributed by atoms with Crippen molar-refractivity contribution < 1.29 is 9.72 Å². The summed E-state index contributed by atoms with van der Waals surface area (Å²) in [6.45, 7) is 3.83. The molecule has 17 heavy (non-hydrogen) atoms. The molecule has 0 aromatic heterocycles. The highest BCUT2D eigenvalue weighted by Crippen LogP contribution is 2.25. The van der Waals surface area contributed by atoms with Crippen LogP contribution in [0.3, 0.4) is 0 Å². The standard InChI is InChI=1S/C11H13BrN2O3/c1-3-7(2)13-11(15)8-4-5-9(12)10(6-8)14(16)17/h4-7H,3H2,1-2H3,(H,13,15). The number of nitrogens with one attached hydrogen (secondary N) is 1. The van der Waals surface area contributed by atoms with Gasteiger partial charge >= 0.3 is 0 Å². The van der Waals surface area contributed by atoms with Crippen LogP contribution in [0.15, 0.2) is 22.7 Å². The Bertz CT molecular complexity index is 448. The molecular formula is C11H13BrN2O3. The van der Waals surface area contributed by atoms with Gasteiger partial charge in [-0.1, -0.05) is 6.92 Å². The Morgan fingerprint density at radius 2 is 2.24 bits per heavy atom. The summed E-state index contributed by atoms with van der Waals surface area (Å²) in [5.74, 6) is -0.296. The van der Waals surface area contributed by atoms with Gasteiger partial charge in [0.25, 0.3) is 11.6 Å². The van der Waals surface area contributed by atoms with Gasteiger partial charge < -0.3 is 5.32 Å². The third-order valence-electron chi connectivity index (χ3n) is 2.39. The first-order chi connectivity index (χ1) is 7.95. The maximum Gasteiger partial charge on any atom is 0.284 e. The highest BCUT2D eigenvalue weighted by molar-refractivity contribution is 9.10. The van der Waals surface area contributed by atoms with Gasteiger partial charge in [-0.25, -0.2) is 0 Å². The number of carbonyl (C=O) groups excluding carboxylic acids is 1. The Morgan fingerprint density at radius 1 is 1.59 bits per heavy atom. The van der Waals surface area contributed by atoms with E-state index < -0.39 is 4.92 Å². The normalized spacial score (nSPS) is 11.9. The van der Waals surface area contributed by atoms with Crippen LogP contribution in [0.2, 0.25) is 0 Å². The van der Waals surface area contributed by atoms with Crippen molar-refractivity contribution in [2.24, 2.45) is 0 Å². The van der Waals surface area contributed by atoms with E-state index in [0.717, 1.165) is 6.42 Å². The fourth-order valence-electron chi connectivity index (χ4n) is 1.20. The van der Waals surface area contributed by atoms with Crippen molar-refractivity contribution in [3.63, 3.8) is 0 Å². The maximum atomic E-state index is 11.8. The second-order valence-corrected chi connectivity index (χ2v) is 4.56.